The van der Waals surface area contributed by atoms with Gasteiger partial charge in [0.1, 0.15) is 5.75 Å². The van der Waals surface area contributed by atoms with Gasteiger partial charge in [-0.1, -0.05) is 0 Å². The number of nitriles is 1. The minimum absolute atomic E-state index is 0.347. The zero-order valence-corrected chi connectivity index (χ0v) is 12.3. The second-order valence-corrected chi connectivity index (χ2v) is 4.96. The summed E-state index contributed by atoms with van der Waals surface area (Å²) >= 11 is 0. The van der Waals surface area contributed by atoms with Crippen LogP contribution in [0.25, 0.3) is 0 Å². The first-order valence-corrected chi connectivity index (χ1v) is 6.57. The second kappa shape index (κ2) is 6.44. The van der Waals surface area contributed by atoms with Crippen LogP contribution in [0.4, 0.5) is 26.3 Å². The molecule has 0 aliphatic carbocycles. The van der Waals surface area contributed by atoms with E-state index in [1.54, 1.807) is 0 Å². The summed E-state index contributed by atoms with van der Waals surface area (Å²) in [5.41, 5.74) is -2.14. The van der Waals surface area contributed by atoms with E-state index in [1.807, 2.05) is 0 Å². The number of methoxy groups -OCH3 is 1. The molecule has 0 N–H and O–H groups in total. The normalized spacial score (nSPS) is 23.9. The van der Waals surface area contributed by atoms with Crippen molar-refractivity contribution in [2.24, 2.45) is 5.92 Å². The molecule has 1 heterocycles. The van der Waals surface area contributed by atoms with Crippen molar-refractivity contribution in [3.8, 4) is 11.8 Å². The highest BCUT2D eigenvalue weighted by Gasteiger charge is 2.60. The van der Waals surface area contributed by atoms with Crippen molar-refractivity contribution in [2.45, 2.75) is 24.7 Å². The fraction of sp³-hybridized carbons (Fsp3) is 0.429. The maximum absolute atomic E-state index is 13.1. The molecule has 25 heavy (non-hydrogen) atoms. The van der Waals surface area contributed by atoms with E-state index in [4.69, 9.17) is 10.00 Å². The molecule has 11 heteroatoms. The molecular weight excluding hydrogens is 360 g/mol. The van der Waals surface area contributed by atoms with Crippen molar-refractivity contribution >= 4 is 5.97 Å². The monoisotopic (exact) mass is 369 g/mol. The molecule has 1 aliphatic rings. The molecule has 1 saturated heterocycles. The van der Waals surface area contributed by atoms with Gasteiger partial charge >= 0.3 is 18.3 Å². The summed E-state index contributed by atoms with van der Waals surface area (Å²) in [4.78, 5) is 11.6. The molecule has 2 rings (SSSR count). The molecule has 5 nitrogen and oxygen atoms in total. The van der Waals surface area contributed by atoms with Crippen molar-refractivity contribution in [1.29, 1.82) is 5.26 Å². The van der Waals surface area contributed by atoms with Crippen LogP contribution in [0, 0.1) is 17.2 Å². The quantitative estimate of drug-likeness (QED) is 0.605. The number of alkyl halides is 6. The predicted octanol–water partition coefficient (Wildman–Crippen LogP) is 3.03. The van der Waals surface area contributed by atoms with E-state index >= 15 is 0 Å². The molecule has 0 bridgehead atoms. The summed E-state index contributed by atoms with van der Waals surface area (Å²) in [6, 6.07) is 3.25. The van der Waals surface area contributed by atoms with Crippen LogP contribution in [0.5, 0.6) is 5.75 Å². The van der Waals surface area contributed by atoms with Crippen LogP contribution in [0.3, 0.4) is 0 Å². The van der Waals surface area contributed by atoms with Gasteiger partial charge in [0, 0.05) is 7.11 Å². The summed E-state index contributed by atoms with van der Waals surface area (Å²) < 4.78 is 91.6. The Morgan fingerprint density at radius 2 is 1.84 bits per heavy atom. The maximum Gasteiger partial charge on any atom is 0.417 e. The van der Waals surface area contributed by atoms with E-state index in [0.29, 0.717) is 6.07 Å². The first-order valence-electron chi connectivity index (χ1n) is 6.57. The lowest BCUT2D eigenvalue weighted by Crippen LogP contribution is -2.42. The van der Waals surface area contributed by atoms with E-state index in [1.165, 1.54) is 6.07 Å². The number of hydrogen-bond acceptors (Lipinski definition) is 5. The SMILES string of the molecule is COC1OC(=O)C(Oc2ccc(C#N)c(C(F)(F)F)c2)C1C(F)(F)F. The number of cyclic esters (lactones) is 1. The van der Waals surface area contributed by atoms with Crippen LogP contribution in [-0.2, 0) is 20.4 Å². The predicted molar refractivity (Wildman–Crippen MR) is 67.0 cm³/mol. The summed E-state index contributed by atoms with van der Waals surface area (Å²) in [5.74, 6) is -4.61. The van der Waals surface area contributed by atoms with Gasteiger partial charge in [0.25, 0.3) is 0 Å². The van der Waals surface area contributed by atoms with E-state index in [0.717, 1.165) is 19.2 Å². The Morgan fingerprint density at radius 3 is 2.32 bits per heavy atom. The lowest BCUT2D eigenvalue weighted by molar-refractivity contribution is -0.236. The van der Waals surface area contributed by atoms with Crippen molar-refractivity contribution < 1.29 is 45.3 Å². The highest BCUT2D eigenvalue weighted by Crippen LogP contribution is 2.40. The molecule has 3 atom stereocenters. The minimum Gasteiger partial charge on any atom is -0.478 e. The fourth-order valence-corrected chi connectivity index (χ4v) is 2.26. The van der Waals surface area contributed by atoms with E-state index in [2.05, 4.69) is 9.47 Å². The number of nitrogens with zero attached hydrogens (tertiary/aromatic N) is 1. The average molecular weight is 369 g/mol. The van der Waals surface area contributed by atoms with Gasteiger partial charge in [-0.3, -0.25) is 0 Å². The average Bonchev–Trinajstić information content (AvgIpc) is 2.82. The Kier molecular flexibility index (Phi) is 4.85. The molecule has 136 valence electrons. The number of hydrogen-bond donors (Lipinski definition) is 0. The van der Waals surface area contributed by atoms with Crippen LogP contribution in [-0.4, -0.2) is 31.6 Å². The zero-order chi connectivity index (χ0) is 19.0. The summed E-state index contributed by atoms with van der Waals surface area (Å²) in [7, 11) is 0.878. The standard InChI is InChI=1S/C14H9F6NO4/c1-23-12-9(14(18,19)20)10(11(22)25-12)24-7-3-2-6(5-21)8(4-7)13(15,16)17/h2-4,9-10,12H,1H3. The number of carbonyl (C=O) groups excluding carboxylic acids is 1. The van der Waals surface area contributed by atoms with Gasteiger partial charge in [-0.05, 0) is 18.2 Å². The highest BCUT2D eigenvalue weighted by atomic mass is 19.4. The van der Waals surface area contributed by atoms with Crippen molar-refractivity contribution in [1.82, 2.24) is 0 Å². The maximum atomic E-state index is 13.1. The van der Waals surface area contributed by atoms with Crippen LogP contribution in [0.15, 0.2) is 18.2 Å². The molecular formula is C14H9F6NO4. The topological polar surface area (TPSA) is 68.6 Å². The highest BCUT2D eigenvalue weighted by molar-refractivity contribution is 5.78. The van der Waals surface area contributed by atoms with Crippen molar-refractivity contribution in [2.75, 3.05) is 7.11 Å². The van der Waals surface area contributed by atoms with Crippen LogP contribution >= 0.6 is 0 Å². The number of rotatable bonds is 3. The molecule has 1 fully saturated rings. The summed E-state index contributed by atoms with van der Waals surface area (Å²) in [6.45, 7) is 0. The number of esters is 1. The van der Waals surface area contributed by atoms with Crippen molar-refractivity contribution in [3.63, 3.8) is 0 Å². The Labute approximate surface area is 136 Å². The van der Waals surface area contributed by atoms with Gasteiger partial charge < -0.3 is 14.2 Å². The molecule has 1 aliphatic heterocycles. The zero-order valence-electron chi connectivity index (χ0n) is 12.3. The first kappa shape index (κ1) is 18.9. The fourth-order valence-electron chi connectivity index (χ4n) is 2.26. The Morgan fingerprint density at radius 1 is 1.20 bits per heavy atom. The van der Waals surface area contributed by atoms with Gasteiger partial charge in [0.05, 0.1) is 17.2 Å². The van der Waals surface area contributed by atoms with Crippen LogP contribution in [0.2, 0.25) is 0 Å². The molecule has 1 aromatic rings. The van der Waals surface area contributed by atoms with E-state index in [9.17, 15) is 31.1 Å². The van der Waals surface area contributed by atoms with Gasteiger partial charge in [-0.15, -0.1) is 0 Å². The number of carbonyl (C=O) groups is 1. The van der Waals surface area contributed by atoms with Gasteiger partial charge in [-0.25, -0.2) is 4.79 Å². The second-order valence-electron chi connectivity index (χ2n) is 4.96. The van der Waals surface area contributed by atoms with Gasteiger partial charge in [-0.2, -0.15) is 31.6 Å². The smallest absolute Gasteiger partial charge is 0.417 e. The molecule has 0 spiro atoms. The molecule has 0 radical (unpaired) electrons. The molecule has 0 saturated carbocycles. The Balaban J connectivity index is 2.38. The first-order chi connectivity index (χ1) is 11.5. The number of ether oxygens (including phenoxy) is 3. The summed E-state index contributed by atoms with van der Waals surface area (Å²) in [5, 5.41) is 8.68. The third kappa shape index (κ3) is 3.79. The van der Waals surface area contributed by atoms with Crippen LogP contribution in [0.1, 0.15) is 11.1 Å². The number of benzene rings is 1. The Bertz CT molecular complexity index is 709. The minimum atomic E-state index is -4.96. The third-order valence-electron chi connectivity index (χ3n) is 3.37. The summed E-state index contributed by atoms with van der Waals surface area (Å²) in [6.07, 6.45) is -14.1. The lowest BCUT2D eigenvalue weighted by Gasteiger charge is -2.23. The molecule has 0 aromatic heterocycles. The lowest BCUT2D eigenvalue weighted by atomic mass is 10.0. The van der Waals surface area contributed by atoms with Gasteiger partial charge in [0.15, 0.2) is 5.92 Å². The van der Waals surface area contributed by atoms with E-state index < -0.39 is 53.5 Å². The van der Waals surface area contributed by atoms with E-state index in [-0.39, 0.29) is 0 Å². The molecule has 3 unspecified atom stereocenters. The molecule has 1 aromatic carbocycles. The Hall–Kier alpha value is -2.48. The molecule has 0 amide bonds. The van der Waals surface area contributed by atoms with Crippen molar-refractivity contribution in [3.05, 3.63) is 29.3 Å². The number of halogens is 6. The third-order valence-corrected chi connectivity index (χ3v) is 3.37. The van der Waals surface area contributed by atoms with Gasteiger partial charge in [0.2, 0.25) is 12.4 Å². The van der Waals surface area contributed by atoms with Crippen LogP contribution < -0.4 is 4.74 Å². The largest absolute Gasteiger partial charge is 0.478 e.